The lowest BCUT2D eigenvalue weighted by Gasteiger charge is -2.21. The van der Waals surface area contributed by atoms with Gasteiger partial charge in [0, 0.05) is 25.3 Å². The van der Waals surface area contributed by atoms with Gasteiger partial charge in [-0.15, -0.1) is 0 Å². The molecule has 1 atom stereocenters. The maximum atomic E-state index is 12.6. The van der Waals surface area contributed by atoms with Crippen LogP contribution < -0.4 is 15.0 Å². The first-order chi connectivity index (χ1) is 13.0. The average molecular weight is 369 g/mol. The predicted octanol–water partition coefficient (Wildman–Crippen LogP) is 4.62. The third-order valence-electron chi connectivity index (χ3n) is 5.02. The van der Waals surface area contributed by atoms with Gasteiger partial charge in [0.1, 0.15) is 5.75 Å². The van der Waals surface area contributed by atoms with Crippen molar-refractivity contribution in [3.05, 3.63) is 59.2 Å². The summed E-state index contributed by atoms with van der Waals surface area (Å²) in [6.07, 6.45) is 0.139. The van der Waals surface area contributed by atoms with Gasteiger partial charge in [-0.2, -0.15) is 0 Å². The second-order valence-corrected chi connectivity index (χ2v) is 6.77. The minimum atomic E-state index is -0.486. The van der Waals surface area contributed by atoms with Crippen molar-refractivity contribution < 1.29 is 9.53 Å². The molecular formula is C23H32N2O2. The normalized spacial score (nSPS) is 11.7. The van der Waals surface area contributed by atoms with Crippen molar-refractivity contribution in [2.24, 2.45) is 0 Å². The van der Waals surface area contributed by atoms with Gasteiger partial charge < -0.3 is 15.0 Å². The number of carbonyl (C=O) groups excluding carboxylic acids is 1. The molecule has 4 heteroatoms. The lowest BCUT2D eigenvalue weighted by atomic mass is 10.1. The van der Waals surface area contributed by atoms with E-state index in [1.807, 2.05) is 39.0 Å². The van der Waals surface area contributed by atoms with Gasteiger partial charge in [0.05, 0.1) is 0 Å². The van der Waals surface area contributed by atoms with Gasteiger partial charge in [-0.1, -0.05) is 31.2 Å². The average Bonchev–Trinajstić information content (AvgIpc) is 2.69. The molecule has 2 aromatic rings. The Morgan fingerprint density at radius 3 is 2.30 bits per heavy atom. The summed E-state index contributed by atoms with van der Waals surface area (Å²) in [6, 6.07) is 14.3. The molecule has 0 radical (unpaired) electrons. The van der Waals surface area contributed by atoms with Crippen LogP contribution in [0.2, 0.25) is 0 Å². The number of benzene rings is 2. The number of nitrogens with zero attached hydrogens (tertiary/aromatic N) is 1. The van der Waals surface area contributed by atoms with E-state index < -0.39 is 6.10 Å². The number of hydrogen-bond donors (Lipinski definition) is 1. The van der Waals surface area contributed by atoms with E-state index in [-0.39, 0.29) is 5.91 Å². The van der Waals surface area contributed by atoms with Gasteiger partial charge in [-0.25, -0.2) is 0 Å². The molecule has 0 heterocycles. The zero-order valence-electron chi connectivity index (χ0n) is 17.2. The van der Waals surface area contributed by atoms with Crippen LogP contribution in [0.15, 0.2) is 42.5 Å². The summed E-state index contributed by atoms with van der Waals surface area (Å²) < 4.78 is 5.99. The van der Waals surface area contributed by atoms with E-state index in [4.69, 9.17) is 4.74 Å². The van der Waals surface area contributed by atoms with Crippen LogP contribution in [-0.4, -0.2) is 25.1 Å². The first kappa shape index (κ1) is 20.8. The van der Waals surface area contributed by atoms with Crippen molar-refractivity contribution in [1.82, 2.24) is 5.32 Å². The van der Waals surface area contributed by atoms with Crippen molar-refractivity contribution in [3.63, 3.8) is 0 Å². The number of amides is 1. The Bertz CT molecular complexity index is 737. The fourth-order valence-corrected chi connectivity index (χ4v) is 3.04. The molecule has 0 aliphatic rings. The number of carbonyl (C=O) groups is 1. The first-order valence-corrected chi connectivity index (χ1v) is 9.84. The Labute approximate surface area is 163 Å². The van der Waals surface area contributed by atoms with Crippen LogP contribution in [-0.2, 0) is 11.3 Å². The molecule has 2 aromatic carbocycles. The second kappa shape index (κ2) is 10.0. The van der Waals surface area contributed by atoms with Gasteiger partial charge in [-0.3, -0.25) is 4.79 Å². The monoisotopic (exact) mass is 368 g/mol. The maximum Gasteiger partial charge on any atom is 0.261 e. The van der Waals surface area contributed by atoms with Gasteiger partial charge in [-0.05, 0) is 69.0 Å². The Kier molecular flexibility index (Phi) is 7.71. The third kappa shape index (κ3) is 5.49. The van der Waals surface area contributed by atoms with Crippen LogP contribution in [0.3, 0.4) is 0 Å². The molecule has 27 heavy (non-hydrogen) atoms. The lowest BCUT2D eigenvalue weighted by Crippen LogP contribution is -2.37. The van der Waals surface area contributed by atoms with Gasteiger partial charge >= 0.3 is 0 Å². The summed E-state index contributed by atoms with van der Waals surface area (Å²) in [5.74, 6) is 0.701. The van der Waals surface area contributed by atoms with Crippen molar-refractivity contribution in [3.8, 4) is 5.75 Å². The number of hydrogen-bond acceptors (Lipinski definition) is 3. The zero-order valence-corrected chi connectivity index (χ0v) is 17.2. The molecule has 0 unspecified atom stereocenters. The molecule has 0 saturated carbocycles. The molecule has 4 nitrogen and oxygen atoms in total. The van der Waals surface area contributed by atoms with E-state index in [1.54, 1.807) is 0 Å². The van der Waals surface area contributed by atoms with E-state index in [0.29, 0.717) is 13.0 Å². The van der Waals surface area contributed by atoms with Crippen LogP contribution >= 0.6 is 0 Å². The van der Waals surface area contributed by atoms with Gasteiger partial charge in [0.15, 0.2) is 6.10 Å². The number of aryl methyl sites for hydroxylation is 1. The van der Waals surface area contributed by atoms with E-state index in [1.165, 1.54) is 5.69 Å². The highest BCUT2D eigenvalue weighted by atomic mass is 16.5. The fraction of sp³-hybridized carbons (Fsp3) is 0.435. The highest BCUT2D eigenvalue weighted by Gasteiger charge is 2.19. The second-order valence-electron chi connectivity index (χ2n) is 6.77. The van der Waals surface area contributed by atoms with E-state index >= 15 is 0 Å². The molecular weight excluding hydrogens is 336 g/mol. The predicted molar refractivity (Wildman–Crippen MR) is 112 cm³/mol. The Hall–Kier alpha value is -2.49. The number of anilines is 1. The van der Waals surface area contributed by atoms with E-state index in [9.17, 15) is 4.79 Å². The lowest BCUT2D eigenvalue weighted by molar-refractivity contribution is -0.128. The molecule has 0 bridgehead atoms. The zero-order chi connectivity index (χ0) is 19.8. The molecule has 0 aliphatic heterocycles. The third-order valence-corrected chi connectivity index (χ3v) is 5.02. The summed E-state index contributed by atoms with van der Waals surface area (Å²) in [7, 11) is 0. The van der Waals surface area contributed by atoms with E-state index in [0.717, 1.165) is 35.5 Å². The highest BCUT2D eigenvalue weighted by Crippen LogP contribution is 2.22. The molecule has 2 rings (SSSR count). The molecule has 0 aliphatic carbocycles. The van der Waals surface area contributed by atoms with Crippen molar-refractivity contribution in [1.29, 1.82) is 0 Å². The Morgan fingerprint density at radius 2 is 1.70 bits per heavy atom. The largest absolute Gasteiger partial charge is 0.480 e. The molecule has 1 N–H and O–H groups in total. The first-order valence-electron chi connectivity index (χ1n) is 9.84. The summed E-state index contributed by atoms with van der Waals surface area (Å²) >= 11 is 0. The van der Waals surface area contributed by atoms with Crippen molar-refractivity contribution in [2.75, 3.05) is 18.0 Å². The molecule has 1 amide bonds. The van der Waals surface area contributed by atoms with E-state index in [2.05, 4.69) is 48.3 Å². The topological polar surface area (TPSA) is 41.6 Å². The Morgan fingerprint density at radius 1 is 1.04 bits per heavy atom. The summed E-state index contributed by atoms with van der Waals surface area (Å²) in [5.41, 5.74) is 4.53. The molecule has 146 valence electrons. The summed E-state index contributed by atoms with van der Waals surface area (Å²) in [6.45, 7) is 12.8. The highest BCUT2D eigenvalue weighted by molar-refractivity contribution is 5.81. The minimum absolute atomic E-state index is 0.0776. The van der Waals surface area contributed by atoms with Crippen molar-refractivity contribution in [2.45, 2.75) is 53.7 Å². The number of ether oxygens (including phenoxy) is 1. The smallest absolute Gasteiger partial charge is 0.261 e. The standard InChI is InChI=1S/C23H32N2O2/c1-6-21(27-22-11-9-10-17(4)18(22)5)23(26)24-16-19-12-14-20(15-13-19)25(7-2)8-3/h9-15,21H,6-8,16H2,1-5H3,(H,24,26)/t21-/m1/s1. The maximum absolute atomic E-state index is 12.6. The SMILES string of the molecule is CC[C@@H](Oc1cccc(C)c1C)C(=O)NCc1ccc(N(CC)CC)cc1. The van der Waals surface area contributed by atoms with Crippen LogP contribution in [0.5, 0.6) is 5.75 Å². The Balaban J connectivity index is 1.95. The van der Waals surface area contributed by atoms with Gasteiger partial charge in [0.25, 0.3) is 5.91 Å². The molecule has 0 spiro atoms. The molecule has 0 saturated heterocycles. The molecule has 0 fully saturated rings. The number of nitrogens with one attached hydrogen (secondary N) is 1. The van der Waals surface area contributed by atoms with Crippen LogP contribution in [0.1, 0.15) is 43.9 Å². The quantitative estimate of drug-likeness (QED) is 0.702. The van der Waals surface area contributed by atoms with Crippen LogP contribution in [0.25, 0.3) is 0 Å². The number of rotatable bonds is 9. The molecule has 0 aromatic heterocycles. The van der Waals surface area contributed by atoms with Crippen LogP contribution in [0, 0.1) is 13.8 Å². The summed E-state index contributed by atoms with van der Waals surface area (Å²) in [5, 5.41) is 3.00. The minimum Gasteiger partial charge on any atom is -0.480 e. The summed E-state index contributed by atoms with van der Waals surface area (Å²) in [4.78, 5) is 14.9. The van der Waals surface area contributed by atoms with Gasteiger partial charge in [0.2, 0.25) is 0 Å². The van der Waals surface area contributed by atoms with Crippen LogP contribution in [0.4, 0.5) is 5.69 Å². The fourth-order valence-electron chi connectivity index (χ4n) is 3.04. The van der Waals surface area contributed by atoms with Crippen molar-refractivity contribution >= 4 is 11.6 Å².